The fourth-order valence-corrected chi connectivity index (χ4v) is 3.72. The molecule has 0 bridgehead atoms. The molecule has 0 saturated carbocycles. The molecule has 1 aliphatic heterocycles. The fourth-order valence-electron chi connectivity index (χ4n) is 2.75. The summed E-state index contributed by atoms with van der Waals surface area (Å²) < 4.78 is 0. The number of carbonyl (C=O) groups is 2. The maximum absolute atomic E-state index is 12.6. The number of hydrogen-bond acceptors (Lipinski definition) is 5. The van der Waals surface area contributed by atoms with Crippen LogP contribution in [0.15, 0.2) is 23.6 Å². The molecule has 1 saturated heterocycles. The van der Waals surface area contributed by atoms with Gasteiger partial charge in [-0.25, -0.2) is 4.98 Å². The van der Waals surface area contributed by atoms with Gasteiger partial charge < -0.3 is 9.80 Å². The summed E-state index contributed by atoms with van der Waals surface area (Å²) in [5.74, 6) is -0.466. The van der Waals surface area contributed by atoms with Gasteiger partial charge in [0.1, 0.15) is 5.69 Å². The first kappa shape index (κ1) is 19.1. The van der Waals surface area contributed by atoms with E-state index >= 15 is 0 Å². The van der Waals surface area contributed by atoms with Crippen LogP contribution in [0.25, 0.3) is 0 Å². The summed E-state index contributed by atoms with van der Waals surface area (Å²) in [6.45, 7) is 1.40. The maximum Gasteiger partial charge on any atom is 0.273 e. The van der Waals surface area contributed by atoms with Crippen LogP contribution in [-0.4, -0.2) is 59.8 Å². The van der Waals surface area contributed by atoms with Crippen molar-refractivity contribution >= 4 is 51.5 Å². The number of nitrogens with zero attached hydrogens (tertiary/aromatic N) is 3. The molecular weight excluding hydrogens is 395 g/mol. The third-order valence-corrected chi connectivity index (χ3v) is 5.80. The summed E-state index contributed by atoms with van der Waals surface area (Å²) in [4.78, 5) is 33.0. The van der Waals surface area contributed by atoms with Crippen molar-refractivity contribution in [3.63, 3.8) is 0 Å². The number of hydrogen-bond donors (Lipinski definition) is 1. The van der Waals surface area contributed by atoms with E-state index in [0.717, 1.165) is 6.42 Å². The van der Waals surface area contributed by atoms with Crippen molar-refractivity contribution in [2.75, 3.05) is 32.5 Å². The lowest BCUT2D eigenvalue weighted by molar-refractivity contribution is 0.0777. The first-order chi connectivity index (χ1) is 12.3. The fraction of sp³-hybridized carbons (Fsp3) is 0.353. The Bertz CT molecular complexity index is 840. The van der Waals surface area contributed by atoms with Crippen LogP contribution in [0.4, 0.5) is 5.13 Å². The molecule has 6 nitrogen and oxygen atoms in total. The Kier molecular flexibility index (Phi) is 5.82. The van der Waals surface area contributed by atoms with Gasteiger partial charge in [0, 0.05) is 30.1 Å². The molecule has 2 heterocycles. The van der Waals surface area contributed by atoms with E-state index in [2.05, 4.69) is 15.2 Å². The highest BCUT2D eigenvalue weighted by molar-refractivity contribution is 7.14. The van der Waals surface area contributed by atoms with Gasteiger partial charge in [-0.05, 0) is 38.7 Å². The first-order valence-electron chi connectivity index (χ1n) is 8.03. The van der Waals surface area contributed by atoms with Crippen LogP contribution in [0, 0.1) is 0 Å². The highest BCUT2D eigenvalue weighted by Crippen LogP contribution is 2.24. The van der Waals surface area contributed by atoms with Crippen LogP contribution in [-0.2, 0) is 0 Å². The van der Waals surface area contributed by atoms with Crippen molar-refractivity contribution in [1.82, 2.24) is 14.8 Å². The van der Waals surface area contributed by atoms with Gasteiger partial charge >= 0.3 is 0 Å². The van der Waals surface area contributed by atoms with Gasteiger partial charge in [0.15, 0.2) is 5.13 Å². The number of benzene rings is 1. The molecule has 1 aliphatic rings. The van der Waals surface area contributed by atoms with E-state index in [1.54, 1.807) is 22.4 Å². The smallest absolute Gasteiger partial charge is 0.273 e. The Morgan fingerprint density at radius 1 is 1.31 bits per heavy atom. The van der Waals surface area contributed by atoms with E-state index < -0.39 is 0 Å². The molecular formula is C17H18Cl2N4O2S. The molecule has 2 amide bonds. The van der Waals surface area contributed by atoms with Gasteiger partial charge in [0.05, 0.1) is 10.0 Å². The van der Waals surface area contributed by atoms with Crippen molar-refractivity contribution in [1.29, 1.82) is 0 Å². The summed E-state index contributed by atoms with van der Waals surface area (Å²) in [5, 5.41) is 5.40. The lowest BCUT2D eigenvalue weighted by Gasteiger charge is -2.19. The molecule has 1 N–H and O–H groups in total. The summed E-state index contributed by atoms with van der Waals surface area (Å²) in [6.07, 6.45) is 0.948. The van der Waals surface area contributed by atoms with E-state index in [1.807, 2.05) is 14.1 Å². The summed E-state index contributed by atoms with van der Waals surface area (Å²) in [6, 6.07) is 5.00. The average molecular weight is 413 g/mol. The van der Waals surface area contributed by atoms with Crippen LogP contribution >= 0.6 is 34.5 Å². The number of anilines is 1. The molecule has 2 aromatic rings. The van der Waals surface area contributed by atoms with Crippen LogP contribution in [0.3, 0.4) is 0 Å². The third-order valence-electron chi connectivity index (χ3n) is 4.31. The van der Waals surface area contributed by atoms with E-state index in [1.165, 1.54) is 17.4 Å². The summed E-state index contributed by atoms with van der Waals surface area (Å²) >= 11 is 13.0. The Balaban J connectivity index is 1.65. The highest BCUT2D eigenvalue weighted by atomic mass is 35.5. The van der Waals surface area contributed by atoms with E-state index in [9.17, 15) is 9.59 Å². The molecule has 0 spiro atoms. The number of amides is 2. The number of halogens is 2. The molecule has 0 aliphatic carbocycles. The topological polar surface area (TPSA) is 65.5 Å². The van der Waals surface area contributed by atoms with Crippen molar-refractivity contribution < 1.29 is 9.59 Å². The second-order valence-electron chi connectivity index (χ2n) is 6.28. The second-order valence-corrected chi connectivity index (χ2v) is 7.95. The Labute approximate surface area is 165 Å². The predicted molar refractivity (Wildman–Crippen MR) is 105 cm³/mol. The number of nitrogens with one attached hydrogen (secondary N) is 1. The minimum atomic E-state index is -0.356. The third kappa shape index (κ3) is 4.17. The summed E-state index contributed by atoms with van der Waals surface area (Å²) in [5.41, 5.74) is 0.717. The normalized spacial score (nSPS) is 17.0. The van der Waals surface area contributed by atoms with Gasteiger partial charge in [-0.1, -0.05) is 23.2 Å². The average Bonchev–Trinajstić information content (AvgIpc) is 3.26. The number of rotatable bonds is 4. The van der Waals surface area contributed by atoms with Crippen LogP contribution in [0.5, 0.6) is 0 Å². The maximum atomic E-state index is 12.6. The van der Waals surface area contributed by atoms with Gasteiger partial charge in [-0.3, -0.25) is 14.9 Å². The van der Waals surface area contributed by atoms with Crippen molar-refractivity contribution in [2.45, 2.75) is 12.5 Å². The SMILES string of the molecule is CN(C)[C@H]1CCN(C(=O)c2csc(NC(=O)c3ccc(Cl)c(Cl)c3)n2)C1. The Hall–Kier alpha value is -1.67. The largest absolute Gasteiger partial charge is 0.336 e. The lowest BCUT2D eigenvalue weighted by Crippen LogP contribution is -2.34. The van der Waals surface area contributed by atoms with Gasteiger partial charge in [-0.2, -0.15) is 0 Å². The molecule has 1 aromatic heterocycles. The molecule has 0 radical (unpaired) electrons. The van der Waals surface area contributed by atoms with Gasteiger partial charge in [0.2, 0.25) is 0 Å². The zero-order chi connectivity index (χ0) is 18.8. The van der Waals surface area contributed by atoms with E-state index in [4.69, 9.17) is 23.2 Å². The molecule has 9 heteroatoms. The molecule has 1 fully saturated rings. The highest BCUT2D eigenvalue weighted by Gasteiger charge is 2.29. The molecule has 26 heavy (non-hydrogen) atoms. The zero-order valence-electron chi connectivity index (χ0n) is 14.3. The second kappa shape index (κ2) is 7.92. The molecule has 138 valence electrons. The van der Waals surface area contributed by atoms with E-state index in [0.29, 0.717) is 45.6 Å². The minimum Gasteiger partial charge on any atom is -0.336 e. The molecule has 3 rings (SSSR count). The monoisotopic (exact) mass is 412 g/mol. The van der Waals surface area contributed by atoms with Crippen molar-refractivity contribution in [3.05, 3.63) is 44.9 Å². The lowest BCUT2D eigenvalue weighted by atomic mass is 10.2. The predicted octanol–water partition coefficient (Wildman–Crippen LogP) is 3.48. The number of likely N-dealkylation sites (N-methyl/N-ethyl adjacent to an activating group) is 1. The van der Waals surface area contributed by atoms with Gasteiger partial charge in [0.25, 0.3) is 11.8 Å². The Morgan fingerprint density at radius 2 is 2.08 bits per heavy atom. The van der Waals surface area contributed by atoms with Crippen LogP contribution < -0.4 is 5.32 Å². The summed E-state index contributed by atoms with van der Waals surface area (Å²) in [7, 11) is 4.02. The number of thiazole rings is 1. The van der Waals surface area contributed by atoms with Crippen molar-refractivity contribution in [3.8, 4) is 0 Å². The number of aromatic nitrogens is 1. The van der Waals surface area contributed by atoms with Crippen molar-refractivity contribution in [2.24, 2.45) is 0 Å². The standard InChI is InChI=1S/C17H18Cl2N4O2S/c1-22(2)11-5-6-23(8-11)16(25)14-9-26-17(20-14)21-15(24)10-3-4-12(18)13(19)7-10/h3-4,7,9,11H,5-6,8H2,1-2H3,(H,20,21,24)/t11-/m0/s1. The minimum absolute atomic E-state index is 0.111. The van der Waals surface area contributed by atoms with Crippen LogP contribution in [0.1, 0.15) is 27.3 Å². The van der Waals surface area contributed by atoms with Crippen LogP contribution in [0.2, 0.25) is 10.0 Å². The molecule has 1 aromatic carbocycles. The Morgan fingerprint density at radius 3 is 2.73 bits per heavy atom. The number of likely N-dealkylation sites (tertiary alicyclic amines) is 1. The van der Waals surface area contributed by atoms with E-state index in [-0.39, 0.29) is 11.8 Å². The quantitative estimate of drug-likeness (QED) is 0.834. The van der Waals surface area contributed by atoms with Gasteiger partial charge in [-0.15, -0.1) is 11.3 Å². The zero-order valence-corrected chi connectivity index (χ0v) is 16.7. The number of carbonyl (C=O) groups excluding carboxylic acids is 2. The first-order valence-corrected chi connectivity index (χ1v) is 9.66. The molecule has 0 unspecified atom stereocenters. The molecule has 1 atom stereocenters.